The van der Waals surface area contributed by atoms with Gasteiger partial charge in [0.05, 0.1) is 12.7 Å². The Labute approximate surface area is 78.1 Å². The average molecular weight is 203 g/mol. The Balaban J connectivity index is 3.18. The fraction of sp³-hybridized carbons (Fsp3) is 0.250. The fourth-order valence-electron chi connectivity index (χ4n) is 0.900. The van der Waals surface area contributed by atoms with Gasteiger partial charge in [-0.3, -0.25) is 0 Å². The summed E-state index contributed by atoms with van der Waals surface area (Å²) in [6, 6.07) is 1.99. The Morgan fingerprint density at radius 2 is 2.21 bits per heavy atom. The molecule has 4 nitrogen and oxygen atoms in total. The third kappa shape index (κ3) is 1.95. The lowest BCUT2D eigenvalue weighted by molar-refractivity contribution is 0.0688. The molecule has 0 saturated carbocycles. The molecule has 76 valence electrons. The lowest BCUT2D eigenvalue weighted by Gasteiger charge is -2.06. The van der Waals surface area contributed by atoms with Gasteiger partial charge in [0.1, 0.15) is 0 Å². The molecule has 0 radical (unpaired) electrons. The van der Waals surface area contributed by atoms with Crippen LogP contribution in [0.5, 0.6) is 5.88 Å². The molecule has 1 heterocycles. The quantitative estimate of drug-likeness (QED) is 0.812. The first-order valence-electron chi connectivity index (χ1n) is 3.62. The number of nitrogens with zero attached hydrogens (tertiary/aromatic N) is 1. The first kappa shape index (κ1) is 10.4. The van der Waals surface area contributed by atoms with Crippen molar-refractivity contribution < 1.29 is 23.4 Å². The Hall–Kier alpha value is -1.72. The Morgan fingerprint density at radius 3 is 2.64 bits per heavy atom. The van der Waals surface area contributed by atoms with Crippen LogP contribution in [0.1, 0.15) is 22.5 Å². The molecule has 14 heavy (non-hydrogen) atoms. The van der Waals surface area contributed by atoms with Crippen LogP contribution in [0.25, 0.3) is 0 Å². The number of rotatable bonds is 3. The van der Waals surface area contributed by atoms with Crippen molar-refractivity contribution in [1.29, 1.82) is 0 Å². The van der Waals surface area contributed by atoms with Crippen molar-refractivity contribution in [3.05, 3.63) is 23.4 Å². The summed E-state index contributed by atoms with van der Waals surface area (Å²) >= 11 is 0. The van der Waals surface area contributed by atoms with Gasteiger partial charge in [-0.2, -0.15) is 0 Å². The highest BCUT2D eigenvalue weighted by Crippen LogP contribution is 2.26. The summed E-state index contributed by atoms with van der Waals surface area (Å²) in [5.74, 6) is -1.65. The van der Waals surface area contributed by atoms with Gasteiger partial charge in [-0.15, -0.1) is 0 Å². The molecule has 0 spiro atoms. The number of carboxylic acid groups (broad SMARTS) is 1. The number of hydrogen-bond acceptors (Lipinski definition) is 3. The number of aromatic carboxylic acids is 1. The molecule has 0 aromatic carbocycles. The van der Waals surface area contributed by atoms with E-state index in [2.05, 4.69) is 9.72 Å². The van der Waals surface area contributed by atoms with Crippen LogP contribution in [-0.2, 0) is 0 Å². The summed E-state index contributed by atoms with van der Waals surface area (Å²) in [7, 11) is 1.15. The van der Waals surface area contributed by atoms with E-state index >= 15 is 0 Å². The smallest absolute Gasteiger partial charge is 0.354 e. The van der Waals surface area contributed by atoms with Gasteiger partial charge in [-0.05, 0) is 12.1 Å². The molecule has 0 aliphatic heterocycles. The molecule has 1 aromatic heterocycles. The Morgan fingerprint density at radius 1 is 1.57 bits per heavy atom. The number of carbonyl (C=O) groups is 1. The molecule has 0 saturated heterocycles. The minimum atomic E-state index is -2.74. The summed E-state index contributed by atoms with van der Waals surface area (Å²) in [6.45, 7) is 0. The summed E-state index contributed by atoms with van der Waals surface area (Å²) in [6.07, 6.45) is -2.74. The van der Waals surface area contributed by atoms with E-state index in [-0.39, 0.29) is 11.6 Å². The van der Waals surface area contributed by atoms with Crippen molar-refractivity contribution in [2.24, 2.45) is 0 Å². The molecule has 1 N–H and O–H groups in total. The van der Waals surface area contributed by atoms with Crippen LogP contribution in [0.2, 0.25) is 0 Å². The summed E-state index contributed by atoms with van der Waals surface area (Å²) in [4.78, 5) is 13.9. The molecule has 0 unspecified atom stereocenters. The van der Waals surface area contributed by atoms with E-state index in [1.54, 1.807) is 0 Å². The molecular formula is C8H7F2NO3. The SMILES string of the molecule is COc1nc(C(=O)O)ccc1C(F)F. The second kappa shape index (κ2) is 3.99. The predicted molar refractivity (Wildman–Crippen MR) is 42.7 cm³/mol. The van der Waals surface area contributed by atoms with Crippen molar-refractivity contribution in [2.45, 2.75) is 6.43 Å². The lowest BCUT2D eigenvalue weighted by atomic mass is 10.2. The van der Waals surface area contributed by atoms with Crippen molar-refractivity contribution in [1.82, 2.24) is 4.98 Å². The molecule has 0 aliphatic carbocycles. The number of methoxy groups -OCH3 is 1. The maximum atomic E-state index is 12.3. The van der Waals surface area contributed by atoms with Crippen molar-refractivity contribution in [2.75, 3.05) is 7.11 Å². The largest absolute Gasteiger partial charge is 0.481 e. The van der Waals surface area contributed by atoms with Crippen molar-refractivity contribution in [3.63, 3.8) is 0 Å². The van der Waals surface area contributed by atoms with Crippen LogP contribution in [0, 0.1) is 0 Å². The maximum absolute atomic E-state index is 12.3. The monoisotopic (exact) mass is 203 g/mol. The zero-order valence-corrected chi connectivity index (χ0v) is 7.20. The number of ether oxygens (including phenoxy) is 1. The van der Waals surface area contributed by atoms with E-state index in [4.69, 9.17) is 5.11 Å². The van der Waals surface area contributed by atoms with Gasteiger partial charge in [-0.1, -0.05) is 0 Å². The molecule has 0 bridgehead atoms. The summed E-state index contributed by atoms with van der Waals surface area (Å²) < 4.78 is 29.1. The molecular weight excluding hydrogens is 196 g/mol. The third-order valence-corrected chi connectivity index (χ3v) is 1.54. The minimum Gasteiger partial charge on any atom is -0.481 e. The molecule has 0 fully saturated rings. The number of carboxylic acids is 1. The van der Waals surface area contributed by atoms with Crippen molar-refractivity contribution >= 4 is 5.97 Å². The number of pyridine rings is 1. The second-order valence-corrected chi connectivity index (χ2v) is 2.40. The molecule has 0 aliphatic rings. The fourth-order valence-corrected chi connectivity index (χ4v) is 0.900. The normalized spacial score (nSPS) is 10.3. The zero-order chi connectivity index (χ0) is 10.7. The maximum Gasteiger partial charge on any atom is 0.354 e. The van der Waals surface area contributed by atoms with Gasteiger partial charge in [0, 0.05) is 0 Å². The van der Waals surface area contributed by atoms with Crippen LogP contribution in [0.3, 0.4) is 0 Å². The molecule has 1 rings (SSSR count). The molecule has 6 heteroatoms. The molecule has 0 atom stereocenters. The van der Waals surface area contributed by atoms with Gasteiger partial charge >= 0.3 is 5.97 Å². The first-order chi connectivity index (χ1) is 6.56. The van der Waals surface area contributed by atoms with Gasteiger partial charge < -0.3 is 9.84 Å². The highest BCUT2D eigenvalue weighted by molar-refractivity contribution is 5.85. The van der Waals surface area contributed by atoms with Crippen LogP contribution in [0.4, 0.5) is 8.78 Å². The second-order valence-electron chi connectivity index (χ2n) is 2.40. The predicted octanol–water partition coefficient (Wildman–Crippen LogP) is 1.73. The average Bonchev–Trinajstić information content (AvgIpc) is 2.16. The lowest BCUT2D eigenvalue weighted by Crippen LogP contribution is -2.04. The van der Waals surface area contributed by atoms with Gasteiger partial charge in [0.2, 0.25) is 5.88 Å². The van der Waals surface area contributed by atoms with Gasteiger partial charge in [0.15, 0.2) is 5.69 Å². The van der Waals surface area contributed by atoms with Crippen LogP contribution in [0.15, 0.2) is 12.1 Å². The van der Waals surface area contributed by atoms with Crippen LogP contribution >= 0.6 is 0 Å². The van der Waals surface area contributed by atoms with Gasteiger partial charge in [-0.25, -0.2) is 18.6 Å². The standard InChI is InChI=1S/C8H7F2NO3/c1-14-7-4(6(9)10)2-3-5(11-7)8(12)13/h2-3,6H,1H3,(H,12,13). The number of hydrogen-bond donors (Lipinski definition) is 1. The van der Waals surface area contributed by atoms with Crippen molar-refractivity contribution in [3.8, 4) is 5.88 Å². The summed E-state index contributed by atoms with van der Waals surface area (Å²) in [5.41, 5.74) is -0.747. The van der Waals surface area contributed by atoms with Gasteiger partial charge in [0.25, 0.3) is 6.43 Å². The topological polar surface area (TPSA) is 59.4 Å². The van der Waals surface area contributed by atoms with Crippen LogP contribution < -0.4 is 4.74 Å². The zero-order valence-electron chi connectivity index (χ0n) is 7.20. The summed E-state index contributed by atoms with van der Waals surface area (Å²) in [5, 5.41) is 8.53. The highest BCUT2D eigenvalue weighted by Gasteiger charge is 2.17. The number of aromatic nitrogens is 1. The van der Waals surface area contributed by atoms with E-state index in [1.165, 1.54) is 0 Å². The highest BCUT2D eigenvalue weighted by atomic mass is 19.3. The van der Waals surface area contributed by atoms with E-state index in [0.717, 1.165) is 19.2 Å². The molecule has 1 aromatic rings. The van der Waals surface area contributed by atoms with E-state index in [1.807, 2.05) is 0 Å². The molecule has 0 amide bonds. The van der Waals surface area contributed by atoms with E-state index < -0.39 is 18.0 Å². The number of halogens is 2. The van der Waals surface area contributed by atoms with Crippen LogP contribution in [-0.4, -0.2) is 23.2 Å². The number of alkyl halides is 2. The van der Waals surface area contributed by atoms with E-state index in [9.17, 15) is 13.6 Å². The third-order valence-electron chi connectivity index (χ3n) is 1.54. The first-order valence-corrected chi connectivity index (χ1v) is 3.62. The Kier molecular flexibility index (Phi) is 2.95. The minimum absolute atomic E-state index is 0.328. The Bertz CT molecular complexity index is 354. The van der Waals surface area contributed by atoms with E-state index in [0.29, 0.717) is 0 Å².